The SMILES string of the molecule is Cc1ccc(OCc2cnc(N)s2)c(C(C)(C)C)c1. The lowest BCUT2D eigenvalue weighted by molar-refractivity contribution is 0.300. The molecule has 102 valence electrons. The van der Waals surface area contributed by atoms with Gasteiger partial charge in [0.05, 0.1) is 4.88 Å². The van der Waals surface area contributed by atoms with Crippen molar-refractivity contribution in [3.8, 4) is 5.75 Å². The first-order chi connectivity index (χ1) is 8.86. The van der Waals surface area contributed by atoms with E-state index >= 15 is 0 Å². The summed E-state index contributed by atoms with van der Waals surface area (Å²) in [6.07, 6.45) is 1.77. The Hall–Kier alpha value is -1.55. The average molecular weight is 276 g/mol. The molecule has 0 saturated heterocycles. The van der Waals surface area contributed by atoms with E-state index in [1.54, 1.807) is 6.20 Å². The first kappa shape index (κ1) is 13.9. The quantitative estimate of drug-likeness (QED) is 0.924. The fourth-order valence-electron chi connectivity index (χ4n) is 1.89. The van der Waals surface area contributed by atoms with E-state index in [9.17, 15) is 0 Å². The number of aryl methyl sites for hydroxylation is 1. The van der Waals surface area contributed by atoms with Crippen molar-refractivity contribution in [1.29, 1.82) is 0 Å². The van der Waals surface area contributed by atoms with Gasteiger partial charge in [-0.15, -0.1) is 0 Å². The van der Waals surface area contributed by atoms with Gasteiger partial charge in [0.2, 0.25) is 0 Å². The minimum absolute atomic E-state index is 0.0636. The zero-order valence-corrected chi connectivity index (χ0v) is 12.7. The van der Waals surface area contributed by atoms with Crippen LogP contribution in [0.15, 0.2) is 24.4 Å². The number of hydrogen-bond donors (Lipinski definition) is 1. The summed E-state index contributed by atoms with van der Waals surface area (Å²) >= 11 is 1.47. The molecule has 3 nitrogen and oxygen atoms in total. The third-order valence-electron chi connectivity index (χ3n) is 2.88. The maximum atomic E-state index is 5.93. The maximum Gasteiger partial charge on any atom is 0.180 e. The second-order valence-electron chi connectivity index (χ2n) is 5.70. The van der Waals surface area contributed by atoms with Crippen LogP contribution in [0.25, 0.3) is 0 Å². The number of ether oxygens (including phenoxy) is 1. The predicted octanol–water partition coefficient (Wildman–Crippen LogP) is 3.91. The van der Waals surface area contributed by atoms with Gasteiger partial charge < -0.3 is 10.5 Å². The number of nitrogens with two attached hydrogens (primary N) is 1. The number of nitrogens with zero attached hydrogens (tertiary/aromatic N) is 1. The van der Waals surface area contributed by atoms with Gasteiger partial charge >= 0.3 is 0 Å². The number of nitrogen functional groups attached to an aromatic ring is 1. The van der Waals surface area contributed by atoms with Gasteiger partial charge in [-0.1, -0.05) is 49.8 Å². The van der Waals surface area contributed by atoms with Gasteiger partial charge in [-0.25, -0.2) is 4.98 Å². The Bertz CT molecular complexity index is 570. The summed E-state index contributed by atoms with van der Waals surface area (Å²) < 4.78 is 5.93. The highest BCUT2D eigenvalue weighted by Crippen LogP contribution is 2.32. The zero-order valence-electron chi connectivity index (χ0n) is 11.9. The Morgan fingerprint density at radius 3 is 2.63 bits per heavy atom. The molecule has 0 aliphatic rings. The van der Waals surface area contributed by atoms with Crippen molar-refractivity contribution >= 4 is 16.5 Å². The predicted molar refractivity (Wildman–Crippen MR) is 80.7 cm³/mol. The molecule has 2 aromatic rings. The second-order valence-corrected chi connectivity index (χ2v) is 6.85. The summed E-state index contributed by atoms with van der Waals surface area (Å²) in [5, 5.41) is 0.582. The number of benzene rings is 1. The number of hydrogen-bond acceptors (Lipinski definition) is 4. The van der Waals surface area contributed by atoms with Crippen LogP contribution in [0.3, 0.4) is 0 Å². The van der Waals surface area contributed by atoms with Crippen LogP contribution in [0, 0.1) is 6.92 Å². The average Bonchev–Trinajstić information content (AvgIpc) is 2.72. The second kappa shape index (κ2) is 5.21. The molecular formula is C15H20N2OS. The number of aromatic nitrogens is 1. The summed E-state index contributed by atoms with van der Waals surface area (Å²) in [5.41, 5.74) is 8.16. The van der Waals surface area contributed by atoms with Gasteiger partial charge in [0.15, 0.2) is 5.13 Å². The molecule has 1 heterocycles. The molecule has 0 radical (unpaired) electrons. The Balaban J connectivity index is 2.20. The van der Waals surface area contributed by atoms with Crippen molar-refractivity contribution in [1.82, 2.24) is 4.98 Å². The number of rotatable bonds is 3. The zero-order chi connectivity index (χ0) is 14.0. The molecule has 0 spiro atoms. The largest absolute Gasteiger partial charge is 0.488 e. The van der Waals surface area contributed by atoms with Gasteiger partial charge in [0.25, 0.3) is 0 Å². The lowest BCUT2D eigenvalue weighted by Gasteiger charge is -2.23. The Morgan fingerprint density at radius 2 is 2.05 bits per heavy atom. The maximum absolute atomic E-state index is 5.93. The van der Waals surface area contributed by atoms with Crippen molar-refractivity contribution in [3.63, 3.8) is 0 Å². The van der Waals surface area contributed by atoms with E-state index in [-0.39, 0.29) is 5.41 Å². The van der Waals surface area contributed by atoms with E-state index in [0.29, 0.717) is 11.7 Å². The van der Waals surface area contributed by atoms with Crippen molar-refractivity contribution < 1.29 is 4.74 Å². The summed E-state index contributed by atoms with van der Waals surface area (Å²) in [5.74, 6) is 0.935. The van der Waals surface area contributed by atoms with E-state index in [4.69, 9.17) is 10.5 Å². The summed E-state index contributed by atoms with van der Waals surface area (Å²) in [4.78, 5) is 5.07. The Morgan fingerprint density at radius 1 is 1.32 bits per heavy atom. The first-order valence-corrected chi connectivity index (χ1v) is 7.12. The van der Waals surface area contributed by atoms with Crippen LogP contribution in [0.5, 0.6) is 5.75 Å². The van der Waals surface area contributed by atoms with Gasteiger partial charge in [-0.05, 0) is 24.0 Å². The lowest BCUT2D eigenvalue weighted by Crippen LogP contribution is -2.13. The molecule has 0 aliphatic heterocycles. The highest BCUT2D eigenvalue weighted by molar-refractivity contribution is 7.15. The molecule has 0 fully saturated rings. The van der Waals surface area contributed by atoms with E-state index in [1.807, 2.05) is 6.07 Å². The third kappa shape index (κ3) is 3.47. The molecule has 0 amide bonds. The molecule has 0 bridgehead atoms. The van der Waals surface area contributed by atoms with Crippen molar-refractivity contribution in [2.45, 2.75) is 39.7 Å². The van der Waals surface area contributed by atoms with Crippen LogP contribution < -0.4 is 10.5 Å². The highest BCUT2D eigenvalue weighted by atomic mass is 32.1. The fourth-order valence-corrected chi connectivity index (χ4v) is 2.49. The van der Waals surface area contributed by atoms with Gasteiger partial charge in [0.1, 0.15) is 12.4 Å². The molecule has 1 aromatic carbocycles. The molecule has 0 aliphatic carbocycles. The molecule has 1 aromatic heterocycles. The van der Waals surface area contributed by atoms with Crippen LogP contribution in [-0.2, 0) is 12.0 Å². The van der Waals surface area contributed by atoms with Crippen molar-refractivity contribution in [2.75, 3.05) is 5.73 Å². The van der Waals surface area contributed by atoms with Crippen LogP contribution in [0.1, 0.15) is 36.8 Å². The van der Waals surface area contributed by atoms with Gasteiger partial charge in [-0.2, -0.15) is 0 Å². The van der Waals surface area contributed by atoms with E-state index in [0.717, 1.165) is 10.6 Å². The van der Waals surface area contributed by atoms with E-state index < -0.39 is 0 Å². The number of thiazole rings is 1. The fraction of sp³-hybridized carbons (Fsp3) is 0.400. The smallest absolute Gasteiger partial charge is 0.180 e. The lowest BCUT2D eigenvalue weighted by atomic mass is 9.85. The molecule has 0 saturated carbocycles. The Kier molecular flexibility index (Phi) is 3.80. The molecule has 2 rings (SSSR count). The van der Waals surface area contributed by atoms with E-state index in [1.165, 1.54) is 22.5 Å². The van der Waals surface area contributed by atoms with Crippen molar-refractivity contribution in [2.24, 2.45) is 0 Å². The normalized spacial score (nSPS) is 11.6. The monoisotopic (exact) mass is 276 g/mol. The van der Waals surface area contributed by atoms with Crippen LogP contribution in [0.2, 0.25) is 0 Å². The molecule has 4 heteroatoms. The molecule has 2 N–H and O–H groups in total. The molecular weight excluding hydrogens is 256 g/mol. The standard InChI is InChI=1S/C15H20N2OS/c1-10-5-6-13(12(7-10)15(2,3)4)18-9-11-8-17-14(16)19-11/h5-8H,9H2,1-4H3,(H2,16,17). The van der Waals surface area contributed by atoms with E-state index in [2.05, 4.69) is 44.8 Å². The minimum Gasteiger partial charge on any atom is -0.488 e. The van der Waals surface area contributed by atoms with Crippen LogP contribution >= 0.6 is 11.3 Å². The third-order valence-corrected chi connectivity index (χ3v) is 3.68. The first-order valence-electron chi connectivity index (χ1n) is 6.30. The summed E-state index contributed by atoms with van der Waals surface area (Å²) in [7, 11) is 0. The summed E-state index contributed by atoms with van der Waals surface area (Å²) in [6, 6.07) is 6.31. The highest BCUT2D eigenvalue weighted by Gasteiger charge is 2.19. The number of anilines is 1. The summed E-state index contributed by atoms with van der Waals surface area (Å²) in [6.45, 7) is 9.20. The molecule has 19 heavy (non-hydrogen) atoms. The molecule has 0 atom stereocenters. The topological polar surface area (TPSA) is 48.1 Å². The van der Waals surface area contributed by atoms with Crippen molar-refractivity contribution in [3.05, 3.63) is 40.4 Å². The minimum atomic E-state index is 0.0636. The van der Waals surface area contributed by atoms with Gasteiger partial charge in [0, 0.05) is 6.20 Å². The van der Waals surface area contributed by atoms with Crippen LogP contribution in [0.4, 0.5) is 5.13 Å². The Labute approximate surface area is 118 Å². The molecule has 0 unspecified atom stereocenters. The van der Waals surface area contributed by atoms with Crippen LogP contribution in [-0.4, -0.2) is 4.98 Å². The van der Waals surface area contributed by atoms with Gasteiger partial charge in [-0.3, -0.25) is 0 Å².